The van der Waals surface area contributed by atoms with Gasteiger partial charge in [0.05, 0.1) is 9.82 Å². The van der Waals surface area contributed by atoms with Crippen molar-refractivity contribution in [2.24, 2.45) is 0 Å². The number of piperazine rings is 1. The summed E-state index contributed by atoms with van der Waals surface area (Å²) in [5.74, 6) is 0. The fourth-order valence-electron chi connectivity index (χ4n) is 2.74. The maximum absolute atomic E-state index is 12.8. The van der Waals surface area contributed by atoms with Crippen molar-refractivity contribution in [1.82, 2.24) is 9.62 Å². The maximum Gasteiger partial charge on any atom is 0.270 e. The van der Waals surface area contributed by atoms with Crippen molar-refractivity contribution in [3.63, 3.8) is 0 Å². The van der Waals surface area contributed by atoms with E-state index in [0.29, 0.717) is 30.8 Å². The monoisotopic (exact) mass is 313 g/mol. The average Bonchev–Trinajstić information content (AvgIpc) is 2.37. The molecule has 1 N–H and O–H groups in total. The maximum atomic E-state index is 12.8. The van der Waals surface area contributed by atoms with E-state index >= 15 is 0 Å². The van der Waals surface area contributed by atoms with Gasteiger partial charge in [-0.2, -0.15) is 4.31 Å². The minimum Gasteiger partial charge on any atom is -0.314 e. The van der Waals surface area contributed by atoms with E-state index < -0.39 is 14.9 Å². The van der Waals surface area contributed by atoms with Gasteiger partial charge in [-0.15, -0.1) is 0 Å². The third-order valence-corrected chi connectivity index (χ3v) is 5.98. The minimum absolute atomic E-state index is 0.0858. The number of nitrogens with zero attached hydrogens (tertiary/aromatic N) is 2. The molecule has 0 bridgehead atoms. The summed E-state index contributed by atoms with van der Waals surface area (Å²) in [4.78, 5) is 10.5. The largest absolute Gasteiger partial charge is 0.314 e. The molecule has 1 heterocycles. The summed E-state index contributed by atoms with van der Waals surface area (Å²) in [6.45, 7) is 6.65. The summed E-state index contributed by atoms with van der Waals surface area (Å²) in [5, 5.41) is 14.0. The molecule has 8 heteroatoms. The summed E-state index contributed by atoms with van der Waals surface area (Å²) in [6, 6.07) is 2.48. The van der Waals surface area contributed by atoms with Crippen LogP contribution in [0.1, 0.15) is 18.1 Å². The lowest BCUT2D eigenvalue weighted by molar-refractivity contribution is -0.385. The van der Waals surface area contributed by atoms with Crippen LogP contribution in [-0.4, -0.2) is 43.3 Å². The molecule has 0 saturated carbocycles. The van der Waals surface area contributed by atoms with E-state index in [0.717, 1.165) is 0 Å². The molecule has 1 fully saturated rings. The molecule has 0 aromatic heterocycles. The van der Waals surface area contributed by atoms with E-state index in [2.05, 4.69) is 5.32 Å². The highest BCUT2D eigenvalue weighted by Gasteiger charge is 2.33. The zero-order valence-corrected chi connectivity index (χ0v) is 13.1. The van der Waals surface area contributed by atoms with Gasteiger partial charge in [0.2, 0.25) is 10.0 Å². The second kappa shape index (κ2) is 5.70. The summed E-state index contributed by atoms with van der Waals surface area (Å²) in [6.07, 6.45) is 0. The topological polar surface area (TPSA) is 92.5 Å². The van der Waals surface area contributed by atoms with Crippen molar-refractivity contribution < 1.29 is 13.3 Å². The highest BCUT2D eigenvalue weighted by molar-refractivity contribution is 7.89. The van der Waals surface area contributed by atoms with E-state index in [1.54, 1.807) is 13.8 Å². The van der Waals surface area contributed by atoms with Gasteiger partial charge in [-0.25, -0.2) is 8.42 Å². The number of nitro groups is 1. The fraction of sp³-hybridized carbons (Fsp3) is 0.538. The van der Waals surface area contributed by atoms with Gasteiger partial charge < -0.3 is 5.32 Å². The van der Waals surface area contributed by atoms with Gasteiger partial charge in [0, 0.05) is 37.8 Å². The van der Waals surface area contributed by atoms with Crippen LogP contribution in [0.4, 0.5) is 5.69 Å². The molecule has 0 amide bonds. The van der Waals surface area contributed by atoms with E-state index in [1.165, 1.54) is 16.4 Å². The Balaban J connectivity index is 2.52. The Kier molecular flexibility index (Phi) is 4.31. The fourth-order valence-corrected chi connectivity index (χ4v) is 4.78. The number of aryl methyl sites for hydroxylation is 2. The van der Waals surface area contributed by atoms with Crippen LogP contribution >= 0.6 is 0 Å². The van der Waals surface area contributed by atoms with Gasteiger partial charge in [0.15, 0.2) is 0 Å². The second-order valence-electron chi connectivity index (χ2n) is 5.33. The first kappa shape index (κ1) is 15.9. The number of hydrogen-bond acceptors (Lipinski definition) is 5. The molecule has 2 rings (SSSR count). The number of rotatable bonds is 3. The van der Waals surface area contributed by atoms with Gasteiger partial charge in [0.1, 0.15) is 0 Å². The molecule has 1 atom stereocenters. The molecule has 116 valence electrons. The summed E-state index contributed by atoms with van der Waals surface area (Å²) in [7, 11) is -3.64. The van der Waals surface area contributed by atoms with Gasteiger partial charge in [-0.05, 0) is 31.9 Å². The number of benzene rings is 1. The lowest BCUT2D eigenvalue weighted by atomic mass is 10.1. The molecule has 1 aromatic rings. The predicted molar refractivity (Wildman–Crippen MR) is 78.8 cm³/mol. The van der Waals surface area contributed by atoms with Crippen LogP contribution in [0.25, 0.3) is 0 Å². The van der Waals surface area contributed by atoms with Crippen molar-refractivity contribution in [3.8, 4) is 0 Å². The third kappa shape index (κ3) is 2.92. The molecule has 21 heavy (non-hydrogen) atoms. The van der Waals surface area contributed by atoms with Gasteiger partial charge in [-0.3, -0.25) is 10.1 Å². The van der Waals surface area contributed by atoms with Crippen LogP contribution in [-0.2, 0) is 10.0 Å². The Labute approximate surface area is 124 Å². The summed E-state index contributed by atoms with van der Waals surface area (Å²) >= 11 is 0. The number of sulfonamides is 1. The standard InChI is InChI=1S/C13H19N3O4S/c1-9-6-12(16(17)18)7-10(2)13(9)21(19,20)15-5-4-14-8-11(15)3/h6-7,11,14H,4-5,8H2,1-3H3. The van der Waals surface area contributed by atoms with Crippen molar-refractivity contribution >= 4 is 15.7 Å². The molecule has 0 radical (unpaired) electrons. The molecule has 0 spiro atoms. The minimum atomic E-state index is -3.64. The molecule has 0 aliphatic carbocycles. The van der Waals surface area contributed by atoms with Crippen molar-refractivity contribution in [2.75, 3.05) is 19.6 Å². The Morgan fingerprint density at radius 1 is 1.33 bits per heavy atom. The van der Waals surface area contributed by atoms with Crippen molar-refractivity contribution in [2.45, 2.75) is 31.7 Å². The number of nitro benzene ring substituents is 1. The molecule has 1 aromatic carbocycles. The lowest BCUT2D eigenvalue weighted by Gasteiger charge is -2.33. The van der Waals surface area contributed by atoms with Crippen molar-refractivity contribution in [3.05, 3.63) is 33.4 Å². The number of nitrogens with one attached hydrogen (secondary N) is 1. The molecule has 1 saturated heterocycles. The summed E-state index contributed by atoms with van der Waals surface area (Å²) in [5.41, 5.74) is 0.733. The van der Waals surface area contributed by atoms with Gasteiger partial charge in [0.25, 0.3) is 5.69 Å². The zero-order chi connectivity index (χ0) is 15.8. The first-order valence-electron chi connectivity index (χ1n) is 6.73. The van der Waals surface area contributed by atoms with E-state index in [1.807, 2.05) is 6.92 Å². The van der Waals surface area contributed by atoms with E-state index in [4.69, 9.17) is 0 Å². The zero-order valence-electron chi connectivity index (χ0n) is 12.3. The molecule has 1 aliphatic heterocycles. The molecule has 7 nitrogen and oxygen atoms in total. The number of hydrogen-bond donors (Lipinski definition) is 1. The average molecular weight is 313 g/mol. The smallest absolute Gasteiger partial charge is 0.270 e. The molecule has 1 unspecified atom stereocenters. The molecular weight excluding hydrogens is 294 g/mol. The second-order valence-corrected chi connectivity index (χ2v) is 7.16. The first-order valence-corrected chi connectivity index (χ1v) is 8.17. The lowest BCUT2D eigenvalue weighted by Crippen LogP contribution is -2.52. The van der Waals surface area contributed by atoms with Crippen LogP contribution < -0.4 is 5.32 Å². The van der Waals surface area contributed by atoms with Gasteiger partial charge >= 0.3 is 0 Å². The van der Waals surface area contributed by atoms with Gasteiger partial charge in [-0.1, -0.05) is 0 Å². The SMILES string of the molecule is Cc1cc([N+](=O)[O-])cc(C)c1S(=O)(=O)N1CCNCC1C. The quantitative estimate of drug-likeness (QED) is 0.668. The Hall–Kier alpha value is -1.51. The van der Waals surface area contributed by atoms with Crippen LogP contribution in [0.2, 0.25) is 0 Å². The van der Waals surface area contributed by atoms with Crippen LogP contribution in [0.3, 0.4) is 0 Å². The van der Waals surface area contributed by atoms with Crippen LogP contribution in [0.15, 0.2) is 17.0 Å². The first-order chi connectivity index (χ1) is 9.75. The predicted octanol–water partition coefficient (Wildman–Crippen LogP) is 1.19. The third-order valence-electron chi connectivity index (χ3n) is 3.66. The highest BCUT2D eigenvalue weighted by Crippen LogP contribution is 2.29. The Morgan fingerprint density at radius 3 is 2.38 bits per heavy atom. The number of non-ortho nitro benzene ring substituents is 1. The Bertz CT molecular complexity index is 649. The van der Waals surface area contributed by atoms with Crippen LogP contribution in [0, 0.1) is 24.0 Å². The van der Waals surface area contributed by atoms with E-state index in [-0.39, 0.29) is 16.6 Å². The summed E-state index contributed by atoms with van der Waals surface area (Å²) < 4.78 is 27.2. The van der Waals surface area contributed by atoms with Crippen LogP contribution in [0.5, 0.6) is 0 Å². The van der Waals surface area contributed by atoms with Crippen molar-refractivity contribution in [1.29, 1.82) is 0 Å². The Morgan fingerprint density at radius 2 is 1.90 bits per heavy atom. The van der Waals surface area contributed by atoms with E-state index in [9.17, 15) is 18.5 Å². The normalized spacial score (nSPS) is 20.4. The molecular formula is C13H19N3O4S. The highest BCUT2D eigenvalue weighted by atomic mass is 32.2. The molecule has 1 aliphatic rings.